The van der Waals surface area contributed by atoms with E-state index >= 15 is 0 Å². The Morgan fingerprint density at radius 2 is 1.93 bits per heavy atom. The van der Waals surface area contributed by atoms with Crippen LogP contribution in [0.2, 0.25) is 0 Å². The molecule has 0 aliphatic rings. The minimum Gasteiger partial charge on any atom is -0.592 e. The number of nitrogens with one attached hydrogen (secondary N) is 1. The van der Waals surface area contributed by atoms with Gasteiger partial charge in [0.05, 0.1) is 30.6 Å². The van der Waals surface area contributed by atoms with E-state index in [1.165, 1.54) is 5.69 Å². The lowest BCUT2D eigenvalue weighted by Gasteiger charge is -2.21. The molecule has 0 heterocycles. The molecule has 0 fully saturated rings. The van der Waals surface area contributed by atoms with Crippen molar-refractivity contribution >= 4 is 33.9 Å². The summed E-state index contributed by atoms with van der Waals surface area (Å²) in [5, 5.41) is 29.5. The van der Waals surface area contributed by atoms with Gasteiger partial charge in [-0.25, -0.2) is 0 Å². The molecular weight excluding hydrogens is 362 g/mol. The van der Waals surface area contributed by atoms with Crippen molar-refractivity contribution in [1.82, 2.24) is 4.72 Å². The van der Waals surface area contributed by atoms with Gasteiger partial charge >= 0.3 is 0 Å². The fraction of sp³-hybridized carbons (Fsp3) is 0.350. The monoisotopic (exact) mass is 387 g/mol. The van der Waals surface area contributed by atoms with Crippen LogP contribution in [0.3, 0.4) is 0 Å². The summed E-state index contributed by atoms with van der Waals surface area (Å²) in [4.78, 5) is 2.33. The predicted octanol–water partition coefficient (Wildman–Crippen LogP) is 2.16. The van der Waals surface area contributed by atoms with Crippen LogP contribution in [0.1, 0.15) is 19.4 Å². The third-order valence-corrected chi connectivity index (χ3v) is 5.28. The lowest BCUT2D eigenvalue weighted by molar-refractivity contribution is 0.0989. The van der Waals surface area contributed by atoms with Gasteiger partial charge in [-0.05, 0) is 48.4 Å². The average molecular weight is 388 g/mol. The second kappa shape index (κ2) is 10.3. The number of nitriles is 1. The van der Waals surface area contributed by atoms with E-state index in [4.69, 9.17) is 5.11 Å². The molecule has 2 atom stereocenters. The van der Waals surface area contributed by atoms with Crippen molar-refractivity contribution in [2.24, 2.45) is 0 Å². The summed E-state index contributed by atoms with van der Waals surface area (Å²) in [6.45, 7) is 5.64. The fourth-order valence-corrected chi connectivity index (χ4v) is 3.54. The molecule has 0 saturated heterocycles. The summed E-state index contributed by atoms with van der Waals surface area (Å²) in [7, 11) is 0. The van der Waals surface area contributed by atoms with Crippen LogP contribution in [0, 0.1) is 11.3 Å². The summed E-state index contributed by atoms with van der Waals surface area (Å²) in [6, 6.07) is 14.0. The van der Waals surface area contributed by atoms with E-state index in [-0.39, 0.29) is 11.4 Å². The van der Waals surface area contributed by atoms with Crippen LogP contribution < -0.4 is 9.62 Å². The molecule has 0 aliphatic carbocycles. The fourth-order valence-electron chi connectivity index (χ4n) is 2.72. The number of fused-ring (bicyclic) bond motifs is 1. The smallest absolute Gasteiger partial charge is 0.250 e. The Bertz CT molecular complexity index is 831. The summed E-state index contributed by atoms with van der Waals surface area (Å²) in [6.07, 6.45) is 0.543. The van der Waals surface area contributed by atoms with Gasteiger partial charge in [0.2, 0.25) is 0 Å². The molecule has 0 bridgehead atoms. The Labute approximate surface area is 163 Å². The van der Waals surface area contributed by atoms with E-state index in [1.54, 1.807) is 6.08 Å². The van der Waals surface area contributed by atoms with E-state index in [2.05, 4.69) is 35.6 Å². The van der Waals surface area contributed by atoms with Gasteiger partial charge in [-0.3, -0.25) is 0 Å². The number of aliphatic hydroxyl groups is 2. The Morgan fingerprint density at radius 1 is 1.26 bits per heavy atom. The molecule has 3 N–H and O–H groups in total. The van der Waals surface area contributed by atoms with E-state index in [1.807, 2.05) is 30.3 Å². The Balaban J connectivity index is 2.23. The largest absolute Gasteiger partial charge is 0.592 e. The van der Waals surface area contributed by atoms with Gasteiger partial charge in [-0.2, -0.15) is 5.26 Å². The second-order valence-corrected chi connectivity index (χ2v) is 7.30. The third kappa shape index (κ3) is 5.70. The van der Waals surface area contributed by atoms with Gasteiger partial charge in [0.15, 0.2) is 6.07 Å². The molecule has 2 rings (SSSR count). The molecular formula is C20H25N3O3S. The lowest BCUT2D eigenvalue weighted by atomic mass is 10.1. The topological polar surface area (TPSA) is 103 Å². The zero-order valence-electron chi connectivity index (χ0n) is 15.6. The highest BCUT2D eigenvalue weighted by Crippen LogP contribution is 2.24. The SMILES string of the molecule is CCN(CC)c1ccc2cc(/C=C(\C#N)[S+]([O-])NCC(O)CO)ccc2c1. The van der Waals surface area contributed by atoms with Crippen molar-refractivity contribution in [3.05, 3.63) is 46.9 Å². The Morgan fingerprint density at radius 3 is 2.56 bits per heavy atom. The molecule has 0 amide bonds. The van der Waals surface area contributed by atoms with Crippen molar-refractivity contribution in [3.8, 4) is 6.07 Å². The summed E-state index contributed by atoms with van der Waals surface area (Å²) in [5.41, 5.74) is 1.94. The van der Waals surface area contributed by atoms with Crippen LogP contribution in [0.5, 0.6) is 0 Å². The van der Waals surface area contributed by atoms with E-state index in [9.17, 15) is 14.9 Å². The van der Waals surface area contributed by atoms with Crippen molar-refractivity contribution in [2.75, 3.05) is 31.1 Å². The summed E-state index contributed by atoms with van der Waals surface area (Å²) < 4.78 is 14.7. The van der Waals surface area contributed by atoms with Crippen LogP contribution in [-0.2, 0) is 11.4 Å². The quantitative estimate of drug-likeness (QED) is 0.450. The van der Waals surface area contributed by atoms with Crippen LogP contribution in [-0.4, -0.2) is 47.1 Å². The number of rotatable bonds is 9. The maximum absolute atomic E-state index is 12.2. The number of anilines is 1. The standard InChI is InChI=1S/C20H25N3O3S/c1-3-23(4-2)18-8-7-16-9-15(5-6-17(16)11-18)10-20(12-21)27(26)22-13-19(25)14-24/h5-11,19,22,24-25H,3-4,13-14H2,1-2H3/b20-10+. The molecule has 6 nitrogen and oxygen atoms in total. The summed E-state index contributed by atoms with van der Waals surface area (Å²) in [5.74, 6) is 0. The highest BCUT2D eigenvalue weighted by Gasteiger charge is 2.16. The minimum absolute atomic E-state index is 0.0549. The number of hydrogen-bond donors (Lipinski definition) is 3. The highest BCUT2D eigenvalue weighted by atomic mass is 32.2. The zero-order valence-corrected chi connectivity index (χ0v) is 16.4. The summed E-state index contributed by atoms with van der Waals surface area (Å²) >= 11 is -1.75. The molecule has 144 valence electrons. The van der Waals surface area contributed by atoms with Gasteiger partial charge in [-0.15, -0.1) is 4.72 Å². The Kier molecular flexibility index (Phi) is 8.10. The molecule has 27 heavy (non-hydrogen) atoms. The first kappa shape index (κ1) is 21.2. The molecule has 0 saturated carbocycles. The number of hydrogen-bond acceptors (Lipinski definition) is 6. The van der Waals surface area contributed by atoms with Crippen LogP contribution in [0.15, 0.2) is 41.3 Å². The van der Waals surface area contributed by atoms with E-state index in [0.29, 0.717) is 0 Å². The van der Waals surface area contributed by atoms with Gasteiger partial charge in [0, 0.05) is 24.9 Å². The van der Waals surface area contributed by atoms with Crippen molar-refractivity contribution in [2.45, 2.75) is 20.0 Å². The van der Waals surface area contributed by atoms with Crippen LogP contribution >= 0.6 is 0 Å². The number of allylic oxidation sites excluding steroid dienone is 1. The van der Waals surface area contributed by atoms with Gasteiger partial charge in [-0.1, -0.05) is 18.2 Å². The number of benzene rings is 2. The molecule has 7 heteroatoms. The molecule has 0 spiro atoms. The van der Waals surface area contributed by atoms with E-state index < -0.39 is 24.1 Å². The third-order valence-electron chi connectivity index (χ3n) is 4.24. The van der Waals surface area contributed by atoms with E-state index in [0.717, 1.165) is 29.4 Å². The molecule has 0 aliphatic heterocycles. The Hall–Kier alpha value is -2.08. The van der Waals surface area contributed by atoms with Crippen molar-refractivity contribution in [3.63, 3.8) is 0 Å². The maximum Gasteiger partial charge on any atom is 0.250 e. The minimum atomic E-state index is -1.75. The molecule has 2 unspecified atom stereocenters. The second-order valence-electron chi connectivity index (χ2n) is 6.04. The van der Waals surface area contributed by atoms with Gasteiger partial charge in [0.25, 0.3) is 4.91 Å². The normalized spacial score (nSPS) is 14.0. The first-order valence-electron chi connectivity index (χ1n) is 8.87. The van der Waals surface area contributed by atoms with Crippen molar-refractivity contribution in [1.29, 1.82) is 5.26 Å². The maximum atomic E-state index is 12.2. The first-order chi connectivity index (χ1) is 13.0. The molecule has 0 aromatic heterocycles. The van der Waals surface area contributed by atoms with Gasteiger partial charge < -0.3 is 19.7 Å². The molecule has 2 aromatic rings. The van der Waals surface area contributed by atoms with Gasteiger partial charge in [0.1, 0.15) is 0 Å². The molecule has 2 aromatic carbocycles. The molecule has 0 radical (unpaired) electrons. The van der Waals surface area contributed by atoms with Crippen LogP contribution in [0.25, 0.3) is 16.8 Å². The number of nitrogens with zero attached hydrogens (tertiary/aromatic N) is 2. The number of aliphatic hydroxyl groups excluding tert-OH is 2. The lowest BCUT2D eigenvalue weighted by Crippen LogP contribution is -2.34. The first-order valence-corrected chi connectivity index (χ1v) is 10.0. The van der Waals surface area contributed by atoms with Crippen molar-refractivity contribution < 1.29 is 14.8 Å². The highest BCUT2D eigenvalue weighted by molar-refractivity contribution is 7.93. The van der Waals surface area contributed by atoms with Crippen LogP contribution in [0.4, 0.5) is 5.69 Å². The predicted molar refractivity (Wildman–Crippen MR) is 110 cm³/mol. The average Bonchev–Trinajstić information content (AvgIpc) is 2.70. The zero-order chi connectivity index (χ0) is 19.8.